The molecule has 4 rings (SSSR count). The SMILES string of the molecule is [2H]c1c([2H])c([C@]2([2H])N(C([2H])([2H])c3nn([2H])c(=O)n3[2H])C([2H])([2H])C([2H])([2H])O[C@]2([2H])O[C@@]([2H])(c2c([2H])c(C(F)(F)F)c([2H])c(C(F)(F)F)c2[2H])C([2H])([2H])[2H])c([2H])c([2H])c1F. The highest BCUT2D eigenvalue weighted by molar-refractivity contribution is 5.34. The first-order valence-electron chi connectivity index (χ1n) is 19.5. The fraction of sp³-hybridized carbons (Fsp3) is 0.391. The number of aromatic amines is 2. The summed E-state index contributed by atoms with van der Waals surface area (Å²) >= 11 is 0. The summed E-state index contributed by atoms with van der Waals surface area (Å²) in [5, 5.41) is 2.43. The van der Waals surface area contributed by atoms with Crippen LogP contribution >= 0.6 is 0 Å². The number of hydrogen-bond acceptors (Lipinski definition) is 5. The molecule has 0 unspecified atom stereocenters. The summed E-state index contributed by atoms with van der Waals surface area (Å²) in [5.74, 6) is -4.00. The molecule has 1 aliphatic heterocycles. The summed E-state index contributed by atoms with van der Waals surface area (Å²) in [6.07, 6.45) is -22.8. The first-order chi connectivity index (χ1) is 25.6. The van der Waals surface area contributed by atoms with Gasteiger partial charge in [-0.25, -0.2) is 14.3 Å². The number of ether oxygens (including phenoxy) is 2. The molecular weight excluding hydrogens is 513 g/mol. The van der Waals surface area contributed by atoms with Crippen molar-refractivity contribution in [2.24, 2.45) is 0 Å². The lowest BCUT2D eigenvalue weighted by atomic mass is 10.0. The largest absolute Gasteiger partial charge is 0.416 e. The van der Waals surface area contributed by atoms with Crippen LogP contribution in [0, 0.1) is 5.82 Å². The first kappa shape index (κ1) is 10.9. The number of rotatable bonds is 6. The summed E-state index contributed by atoms with van der Waals surface area (Å²) in [4.78, 5) is 10.5. The number of morpholine rings is 1. The third-order valence-corrected chi connectivity index (χ3v) is 3.93. The van der Waals surface area contributed by atoms with Crippen molar-refractivity contribution in [1.29, 1.82) is 0 Å². The van der Waals surface area contributed by atoms with Gasteiger partial charge in [0, 0.05) is 13.4 Å². The number of benzene rings is 2. The molecule has 1 aliphatic rings. The Kier molecular flexibility index (Phi) is 3.01. The van der Waals surface area contributed by atoms with Crippen LogP contribution in [0.4, 0.5) is 30.7 Å². The van der Waals surface area contributed by atoms with E-state index >= 15 is 0 Å². The van der Waals surface area contributed by atoms with Gasteiger partial charge in [-0.15, -0.1) is 0 Å². The summed E-state index contributed by atoms with van der Waals surface area (Å²) in [6.45, 7) is -18.6. The summed E-state index contributed by atoms with van der Waals surface area (Å²) in [6, 6.07) is -20.6. The molecule has 0 saturated carbocycles. The van der Waals surface area contributed by atoms with Crippen LogP contribution in [0.3, 0.4) is 0 Å². The average Bonchev–Trinajstić information content (AvgIpc) is 3.27. The van der Waals surface area contributed by atoms with Crippen molar-refractivity contribution < 1.29 is 69.1 Å². The van der Waals surface area contributed by atoms with Crippen molar-refractivity contribution >= 4 is 0 Å². The fourth-order valence-corrected chi connectivity index (χ4v) is 2.48. The molecule has 0 bridgehead atoms. The zero-order chi connectivity index (χ0) is 45.4. The molecule has 0 radical (unpaired) electrons. The third-order valence-electron chi connectivity index (χ3n) is 3.93. The molecule has 2 N–H and O–H groups in total. The molecule has 0 aliphatic carbocycles. The Hall–Kier alpha value is -3.23. The van der Waals surface area contributed by atoms with Crippen LogP contribution in [0.25, 0.3) is 0 Å². The van der Waals surface area contributed by atoms with E-state index < -0.39 is 154 Å². The summed E-state index contributed by atoms with van der Waals surface area (Å²) in [7, 11) is 0. The van der Waals surface area contributed by atoms with E-state index in [9.17, 15) is 36.9 Å². The van der Waals surface area contributed by atoms with Crippen molar-refractivity contribution in [3.63, 3.8) is 0 Å². The molecule has 1 saturated heterocycles. The molecule has 37 heavy (non-hydrogen) atoms. The second kappa shape index (κ2) is 10.3. The summed E-state index contributed by atoms with van der Waals surface area (Å²) in [5.41, 5.74) is -12.7. The lowest BCUT2D eigenvalue weighted by molar-refractivity contribution is -0.231. The lowest BCUT2D eigenvalue weighted by Crippen LogP contribution is -2.46. The Morgan fingerprint density at radius 1 is 1.30 bits per heavy atom. The van der Waals surface area contributed by atoms with Gasteiger partial charge >= 0.3 is 18.0 Å². The van der Waals surface area contributed by atoms with E-state index in [0.29, 0.717) is 0 Å². The number of nitrogens with zero attached hydrogens (tertiary/aromatic N) is 2. The van der Waals surface area contributed by atoms with Crippen molar-refractivity contribution in [1.82, 2.24) is 20.1 Å². The van der Waals surface area contributed by atoms with E-state index in [0.717, 1.165) is 0 Å². The third kappa shape index (κ3) is 6.37. The topological polar surface area (TPSA) is 83.2 Å². The van der Waals surface area contributed by atoms with Crippen LogP contribution in [0.2, 0.25) is 2.82 Å². The Morgan fingerprint density at radius 2 is 1.95 bits per heavy atom. The molecule has 2 heterocycles. The van der Waals surface area contributed by atoms with Gasteiger partial charge in [-0.3, -0.25) is 9.88 Å². The highest BCUT2D eigenvalue weighted by Gasteiger charge is 2.39. The lowest BCUT2D eigenvalue weighted by Gasteiger charge is -2.41. The van der Waals surface area contributed by atoms with Crippen LogP contribution in [0.5, 0.6) is 0 Å². The van der Waals surface area contributed by atoms with Gasteiger partial charge in [0.25, 0.3) is 0 Å². The monoisotopic (exact) mass is 555 g/mol. The number of alkyl halides is 6. The highest BCUT2D eigenvalue weighted by atomic mass is 19.4. The molecule has 14 heteroatoms. The van der Waals surface area contributed by atoms with E-state index in [1.54, 1.807) is 0 Å². The van der Waals surface area contributed by atoms with Gasteiger partial charge in [0.15, 0.2) is 9.09 Å². The zero-order valence-electron chi connectivity index (χ0n) is 38.2. The van der Waals surface area contributed by atoms with Crippen LogP contribution in [0.15, 0.2) is 47.1 Å². The molecule has 0 spiro atoms. The minimum Gasteiger partial charge on any atom is -0.349 e. The van der Waals surface area contributed by atoms with Crippen molar-refractivity contribution in [2.45, 2.75) is 44.1 Å². The molecule has 3 aromatic rings. The van der Waals surface area contributed by atoms with E-state index in [4.69, 9.17) is 32.2 Å². The molecule has 200 valence electrons. The summed E-state index contributed by atoms with van der Waals surface area (Å²) < 4.78 is 284. The minimum absolute atomic E-state index is 0.574. The van der Waals surface area contributed by atoms with E-state index in [2.05, 4.69) is 9.84 Å². The van der Waals surface area contributed by atoms with Crippen molar-refractivity contribution in [3.05, 3.63) is 86.7 Å². The van der Waals surface area contributed by atoms with Crippen LogP contribution in [-0.2, 0) is 28.3 Å². The average molecular weight is 556 g/mol. The Morgan fingerprint density at radius 3 is 2.49 bits per heavy atom. The number of nitrogens with one attached hydrogen (secondary N) is 2. The van der Waals surface area contributed by atoms with Gasteiger partial charge in [0.05, 0.1) is 55.5 Å². The van der Waals surface area contributed by atoms with Gasteiger partial charge in [-0.05, 0) is 48.2 Å². The second-order valence-corrected chi connectivity index (χ2v) is 6.43. The Bertz CT molecular complexity index is 2190. The van der Waals surface area contributed by atoms with Crippen LogP contribution in [0.1, 0.15) is 73.1 Å². The molecule has 7 nitrogen and oxygen atoms in total. The smallest absolute Gasteiger partial charge is 0.349 e. The van der Waals surface area contributed by atoms with Gasteiger partial charge in [0.1, 0.15) is 11.6 Å². The van der Waals surface area contributed by atoms with Gasteiger partial charge < -0.3 is 9.47 Å². The maximum atomic E-state index is 14.9. The number of halogens is 7. The maximum absolute atomic E-state index is 14.9. The molecular formula is C23H21F7N4O3. The second-order valence-electron chi connectivity index (χ2n) is 6.43. The zero-order valence-corrected chi connectivity index (χ0v) is 17.2. The molecule has 0 amide bonds. The van der Waals surface area contributed by atoms with Crippen LogP contribution in [-0.4, -0.2) is 39.4 Å². The standard InChI is InChI=1S/C23H21F7N4O3/c1-12(14-8-15(22(25,26)27)10-16(9-14)23(28,29)30)37-20-19(13-2-4-17(24)5-3-13)34(6-7-36-20)11-18-31-21(35)33-32-18/h2-5,8-10,12,19-20H,6-7,11H2,1H3,(H2,31,32,33,35)/t12-,19+,20-/m1/s1/i1D3,2D,3D,4D,5D,6D2,7D2,8D,9D,10D,11D2,12D,19D,20D/hD2. The van der Waals surface area contributed by atoms with E-state index in [1.165, 1.54) is 0 Å². The van der Waals surface area contributed by atoms with Crippen molar-refractivity contribution in [2.75, 3.05) is 13.1 Å². The molecule has 1 fully saturated rings. The predicted octanol–water partition coefficient (Wildman–Crippen LogP) is 4.95. The maximum Gasteiger partial charge on any atom is 0.416 e. The Balaban J connectivity index is 2.36. The fourth-order valence-electron chi connectivity index (χ4n) is 2.48. The quantitative estimate of drug-likeness (QED) is 0.421. The number of hydrogen-bond donors (Lipinski definition) is 2. The van der Waals surface area contributed by atoms with Gasteiger partial charge in [-0.2, -0.15) is 31.4 Å². The molecule has 3 atom stereocenters. The normalized spacial score (nSPS) is 36.7. The van der Waals surface area contributed by atoms with Crippen LogP contribution < -0.4 is 5.69 Å². The number of H-pyrrole nitrogens is 2. The van der Waals surface area contributed by atoms with Gasteiger partial charge in [-0.1, -0.05) is 12.1 Å². The molecule has 2 aromatic carbocycles. The minimum atomic E-state index is -6.23. The van der Waals surface area contributed by atoms with Gasteiger partial charge in [0.2, 0.25) is 0 Å². The number of aromatic nitrogens is 3. The predicted molar refractivity (Wildman–Crippen MR) is 114 cm³/mol. The Labute approximate surface area is 234 Å². The van der Waals surface area contributed by atoms with E-state index in [1.807, 2.05) is 0 Å². The molecule has 1 aromatic heterocycles. The van der Waals surface area contributed by atoms with Crippen molar-refractivity contribution in [3.8, 4) is 0 Å². The first-order valence-corrected chi connectivity index (χ1v) is 9.11. The van der Waals surface area contributed by atoms with E-state index in [-0.39, 0.29) is 0 Å². The highest BCUT2D eigenvalue weighted by Crippen LogP contribution is 2.39.